The van der Waals surface area contributed by atoms with Gasteiger partial charge in [0, 0.05) is 16.5 Å². The Morgan fingerprint density at radius 2 is 0.913 bits per heavy atom. The fourth-order valence-corrected chi connectivity index (χ4v) is 8.66. The number of hydrogen-bond acceptors (Lipinski definition) is 2. The molecule has 0 N–H and O–H groups in total. The van der Waals surface area contributed by atoms with E-state index in [4.69, 9.17) is 4.74 Å². The van der Waals surface area contributed by atoms with Crippen LogP contribution < -0.4 is 9.64 Å². The van der Waals surface area contributed by atoms with Crippen LogP contribution in [0.5, 0.6) is 11.5 Å². The summed E-state index contributed by atoms with van der Waals surface area (Å²) in [6, 6.07) is 46.9. The average Bonchev–Trinajstić information content (AvgIpc) is 3.44. The molecule has 1 heterocycles. The molecule has 0 aromatic heterocycles. The molecule has 0 spiro atoms. The van der Waals surface area contributed by atoms with Crippen LogP contribution in [0.3, 0.4) is 0 Å². The molecule has 0 saturated carbocycles. The Balaban J connectivity index is 1.26. The monoisotopic (exact) mass is 591 g/mol. The van der Waals surface area contributed by atoms with Crippen LogP contribution in [0.4, 0.5) is 17.1 Å². The summed E-state index contributed by atoms with van der Waals surface area (Å²) in [5.41, 5.74) is 13.6. The van der Waals surface area contributed by atoms with Gasteiger partial charge in [0.25, 0.3) is 0 Å². The molecule has 0 amide bonds. The Bertz CT molecular complexity index is 2300. The van der Waals surface area contributed by atoms with Gasteiger partial charge in [-0.15, -0.1) is 0 Å². The van der Waals surface area contributed by atoms with Gasteiger partial charge < -0.3 is 9.64 Å². The average molecular weight is 592 g/mol. The first-order valence-electron chi connectivity index (χ1n) is 16.3. The number of rotatable bonds is 1. The lowest BCUT2D eigenvalue weighted by molar-refractivity contribution is 0.473. The van der Waals surface area contributed by atoms with E-state index in [1.165, 1.54) is 66.1 Å². The van der Waals surface area contributed by atoms with E-state index >= 15 is 0 Å². The summed E-state index contributed by atoms with van der Waals surface area (Å²) < 4.78 is 7.00. The van der Waals surface area contributed by atoms with Crippen molar-refractivity contribution in [3.63, 3.8) is 0 Å². The highest BCUT2D eigenvalue weighted by molar-refractivity contribution is 6.06. The first kappa shape index (κ1) is 25.9. The van der Waals surface area contributed by atoms with Crippen LogP contribution in [0, 0.1) is 0 Å². The van der Waals surface area contributed by atoms with E-state index in [0.717, 1.165) is 28.6 Å². The predicted molar refractivity (Wildman–Crippen MR) is 191 cm³/mol. The van der Waals surface area contributed by atoms with Gasteiger partial charge in [-0.2, -0.15) is 0 Å². The highest BCUT2D eigenvalue weighted by Gasteiger charge is 2.42. The van der Waals surface area contributed by atoms with Crippen LogP contribution in [0.2, 0.25) is 0 Å². The zero-order valence-electron chi connectivity index (χ0n) is 26.5. The minimum absolute atomic E-state index is 0.145. The maximum Gasteiger partial charge on any atom is 0.151 e. The van der Waals surface area contributed by atoms with Gasteiger partial charge in [-0.1, -0.05) is 119 Å². The van der Waals surface area contributed by atoms with Crippen LogP contribution in [0.1, 0.15) is 49.9 Å². The smallest absolute Gasteiger partial charge is 0.151 e. The molecule has 1 aliphatic heterocycles. The Hall–Kier alpha value is -5.34. The number of fused-ring (bicyclic) bond motifs is 12. The molecule has 0 bridgehead atoms. The van der Waals surface area contributed by atoms with Crippen molar-refractivity contribution >= 4 is 38.6 Å². The number of anilines is 3. The van der Waals surface area contributed by atoms with E-state index in [1.54, 1.807) is 0 Å². The second kappa shape index (κ2) is 8.68. The van der Waals surface area contributed by atoms with E-state index in [-0.39, 0.29) is 10.8 Å². The third-order valence-electron chi connectivity index (χ3n) is 11.0. The lowest BCUT2D eigenvalue weighted by Crippen LogP contribution is -2.19. The second-order valence-corrected chi connectivity index (χ2v) is 14.2. The summed E-state index contributed by atoms with van der Waals surface area (Å²) in [7, 11) is 0. The number of benzene rings is 7. The van der Waals surface area contributed by atoms with Crippen molar-refractivity contribution in [2.45, 2.75) is 38.5 Å². The molecule has 0 fully saturated rings. The second-order valence-electron chi connectivity index (χ2n) is 14.2. The Morgan fingerprint density at radius 3 is 1.41 bits per heavy atom. The van der Waals surface area contributed by atoms with Crippen LogP contribution in [0.15, 0.2) is 127 Å². The summed E-state index contributed by atoms with van der Waals surface area (Å²) in [6.07, 6.45) is 0. The SMILES string of the molecule is CC1(C)c2cc3c(cc2-c2c1ccc1ccccc21)N(c1ccccc1)c1cc2c(cc1O3)C(C)(C)c1ccc3ccccc3c1-2. The van der Waals surface area contributed by atoms with E-state index in [1.807, 2.05) is 0 Å². The molecule has 0 atom stereocenters. The van der Waals surface area contributed by atoms with Gasteiger partial charge in [0.15, 0.2) is 11.5 Å². The molecule has 2 heteroatoms. The minimum atomic E-state index is -0.145. The Labute approximate surface area is 269 Å². The molecule has 2 aliphatic carbocycles. The van der Waals surface area contributed by atoms with E-state index < -0.39 is 0 Å². The van der Waals surface area contributed by atoms with Crippen molar-refractivity contribution in [2.75, 3.05) is 4.90 Å². The zero-order chi connectivity index (χ0) is 30.9. The minimum Gasteiger partial charge on any atom is -0.453 e. The Morgan fingerprint density at radius 1 is 0.457 bits per heavy atom. The Kier molecular flexibility index (Phi) is 4.89. The summed E-state index contributed by atoms with van der Waals surface area (Å²) >= 11 is 0. The van der Waals surface area contributed by atoms with Gasteiger partial charge in [0.1, 0.15) is 0 Å². The van der Waals surface area contributed by atoms with Crippen molar-refractivity contribution in [3.05, 3.63) is 150 Å². The fourth-order valence-electron chi connectivity index (χ4n) is 8.66. The number of para-hydroxylation sites is 1. The van der Waals surface area contributed by atoms with Crippen LogP contribution in [0.25, 0.3) is 43.8 Å². The molecule has 7 aromatic rings. The molecular weight excluding hydrogens is 558 g/mol. The quantitative estimate of drug-likeness (QED) is 0.188. The van der Waals surface area contributed by atoms with Gasteiger partial charge in [-0.05, 0) is 102 Å². The lowest BCUT2D eigenvalue weighted by Gasteiger charge is -2.35. The lowest BCUT2D eigenvalue weighted by atomic mass is 9.81. The van der Waals surface area contributed by atoms with Crippen molar-refractivity contribution in [3.8, 4) is 33.8 Å². The molecule has 0 unspecified atom stereocenters. The fraction of sp³-hybridized carbons (Fsp3) is 0.136. The summed E-state index contributed by atoms with van der Waals surface area (Å²) in [6.45, 7) is 9.39. The van der Waals surface area contributed by atoms with Crippen LogP contribution in [-0.2, 0) is 10.8 Å². The molecule has 220 valence electrons. The van der Waals surface area contributed by atoms with Gasteiger partial charge in [-0.3, -0.25) is 0 Å². The summed E-state index contributed by atoms with van der Waals surface area (Å²) in [5.74, 6) is 1.80. The molecule has 0 saturated heterocycles. The van der Waals surface area contributed by atoms with E-state index in [0.29, 0.717) is 0 Å². The molecule has 2 nitrogen and oxygen atoms in total. The van der Waals surface area contributed by atoms with Gasteiger partial charge in [-0.25, -0.2) is 0 Å². The normalized spacial score (nSPS) is 15.9. The van der Waals surface area contributed by atoms with Gasteiger partial charge in [0.2, 0.25) is 0 Å². The summed E-state index contributed by atoms with van der Waals surface area (Å²) in [4.78, 5) is 2.42. The third kappa shape index (κ3) is 3.21. The standard InChI is InChI=1S/C44H33NO/c1-43(2)33-20-18-26-12-8-10-16-29(26)41(33)31-22-37-39(24-35(31)43)46-40-25-36-32(23-38(40)45(37)28-14-6-5-7-15-28)42-30-17-11-9-13-27(30)19-21-34(42)44(36,3)4/h5-25H,1-4H3. The van der Waals surface area contributed by atoms with Gasteiger partial charge in [0.05, 0.1) is 11.4 Å². The van der Waals surface area contributed by atoms with Crippen molar-refractivity contribution < 1.29 is 4.74 Å². The number of nitrogens with zero attached hydrogens (tertiary/aromatic N) is 1. The van der Waals surface area contributed by atoms with Crippen molar-refractivity contribution in [1.29, 1.82) is 0 Å². The molecule has 3 aliphatic rings. The molecule has 46 heavy (non-hydrogen) atoms. The third-order valence-corrected chi connectivity index (χ3v) is 11.0. The van der Waals surface area contributed by atoms with Crippen LogP contribution >= 0.6 is 0 Å². The predicted octanol–water partition coefficient (Wildman–Crippen LogP) is 12.2. The maximum atomic E-state index is 7.00. The van der Waals surface area contributed by atoms with E-state index in [9.17, 15) is 0 Å². The van der Waals surface area contributed by atoms with Gasteiger partial charge >= 0.3 is 0 Å². The van der Waals surface area contributed by atoms with Crippen molar-refractivity contribution in [1.82, 2.24) is 0 Å². The number of ether oxygens (including phenoxy) is 1. The highest BCUT2D eigenvalue weighted by atomic mass is 16.5. The molecule has 7 aromatic carbocycles. The van der Waals surface area contributed by atoms with E-state index in [2.05, 4.69) is 160 Å². The maximum absolute atomic E-state index is 7.00. The first-order chi connectivity index (χ1) is 22.3. The van der Waals surface area contributed by atoms with Crippen molar-refractivity contribution in [2.24, 2.45) is 0 Å². The highest BCUT2D eigenvalue weighted by Crippen LogP contribution is 2.61. The topological polar surface area (TPSA) is 12.5 Å². The largest absolute Gasteiger partial charge is 0.453 e. The number of hydrogen-bond donors (Lipinski definition) is 0. The molecule has 0 radical (unpaired) electrons. The van der Waals surface area contributed by atoms with Crippen LogP contribution in [-0.4, -0.2) is 0 Å². The first-order valence-corrected chi connectivity index (χ1v) is 16.3. The molecule has 10 rings (SSSR count). The molecular formula is C44H33NO. The summed E-state index contributed by atoms with van der Waals surface area (Å²) in [5, 5.41) is 5.15. The zero-order valence-corrected chi connectivity index (χ0v) is 26.5.